The summed E-state index contributed by atoms with van der Waals surface area (Å²) in [5.41, 5.74) is 6.83. The van der Waals surface area contributed by atoms with Gasteiger partial charge in [-0.15, -0.1) is 0 Å². The largest absolute Gasteiger partial charge is 0.480 e. The van der Waals surface area contributed by atoms with Crippen LogP contribution in [0.1, 0.15) is 31.4 Å². The fourth-order valence-electron chi connectivity index (χ4n) is 3.01. The van der Waals surface area contributed by atoms with Crippen molar-refractivity contribution < 1.29 is 19.5 Å². The van der Waals surface area contributed by atoms with Crippen LogP contribution in [0.4, 0.5) is 16.2 Å². The highest BCUT2D eigenvalue weighted by atomic mass is 16.4. The number of Topliss-reactive ketones (excluding diaryl/α,β-unsaturated/α-hetero) is 1. The summed E-state index contributed by atoms with van der Waals surface area (Å²) in [4.78, 5) is 36.2. The van der Waals surface area contributed by atoms with Gasteiger partial charge in [-0.1, -0.05) is 44.2 Å². The summed E-state index contributed by atoms with van der Waals surface area (Å²) in [5.74, 6) is -1.89. The smallest absolute Gasteiger partial charge is 0.331 e. The molecule has 0 saturated carbocycles. The molecule has 2 aromatic rings. The number of carboxylic acids is 1. The number of rotatable bonds is 8. The summed E-state index contributed by atoms with van der Waals surface area (Å²) in [6.45, 7) is 5.54. The number of aryl methyl sites for hydroxylation is 1. The van der Waals surface area contributed by atoms with Gasteiger partial charge >= 0.3 is 12.0 Å². The summed E-state index contributed by atoms with van der Waals surface area (Å²) in [6.07, 6.45) is -0.0227. The number of anilines is 2. The molecule has 0 saturated heterocycles. The molecule has 2 rings (SSSR count). The summed E-state index contributed by atoms with van der Waals surface area (Å²) >= 11 is 0. The molecule has 1 atom stereocenters. The van der Waals surface area contributed by atoms with Gasteiger partial charge in [0.05, 0.1) is 0 Å². The van der Waals surface area contributed by atoms with E-state index in [1.165, 1.54) is 0 Å². The Hall–Kier alpha value is -3.19. The number of benzene rings is 2. The van der Waals surface area contributed by atoms with Crippen LogP contribution in [0.15, 0.2) is 48.5 Å². The van der Waals surface area contributed by atoms with E-state index >= 15 is 0 Å². The molecule has 0 radical (unpaired) electrons. The predicted molar refractivity (Wildman–Crippen MR) is 113 cm³/mol. The third kappa shape index (κ3) is 5.89. The molecule has 0 unspecified atom stereocenters. The zero-order valence-electron chi connectivity index (χ0n) is 16.9. The topological polar surface area (TPSA) is 122 Å². The van der Waals surface area contributed by atoms with Crippen LogP contribution in [-0.4, -0.2) is 28.4 Å². The van der Waals surface area contributed by atoms with Gasteiger partial charge in [-0.25, -0.2) is 9.59 Å². The molecule has 29 heavy (non-hydrogen) atoms. The van der Waals surface area contributed by atoms with Crippen molar-refractivity contribution in [2.75, 3.05) is 10.6 Å². The van der Waals surface area contributed by atoms with E-state index < -0.39 is 17.3 Å². The Morgan fingerprint density at radius 3 is 2.21 bits per heavy atom. The maximum Gasteiger partial charge on any atom is 0.331 e. The molecule has 0 spiro atoms. The molecule has 154 valence electrons. The lowest BCUT2D eigenvalue weighted by molar-refractivity contribution is -0.148. The molecule has 0 aliphatic heterocycles. The average Bonchev–Trinajstić information content (AvgIpc) is 2.64. The highest BCUT2D eigenvalue weighted by Crippen LogP contribution is 2.20. The third-order valence-electron chi connectivity index (χ3n) is 4.58. The number of urea groups is 1. The van der Waals surface area contributed by atoms with Crippen LogP contribution < -0.4 is 16.4 Å². The number of carboxylic acid groups (broad SMARTS) is 1. The summed E-state index contributed by atoms with van der Waals surface area (Å²) in [5, 5.41) is 14.9. The van der Waals surface area contributed by atoms with Crippen LogP contribution in [0.5, 0.6) is 0 Å². The SMILES string of the molecule is Cc1ccccc1NC(=O)Nc1ccc(CC(=O)[C@](N)(CC(C)C)C(=O)O)cc1. The Morgan fingerprint density at radius 2 is 1.66 bits per heavy atom. The molecule has 0 fully saturated rings. The zero-order chi connectivity index (χ0) is 21.6. The number of nitrogens with two attached hydrogens (primary N) is 1. The number of hydrogen-bond donors (Lipinski definition) is 4. The van der Waals surface area contributed by atoms with Gasteiger partial charge in [-0.2, -0.15) is 0 Å². The zero-order valence-corrected chi connectivity index (χ0v) is 16.9. The van der Waals surface area contributed by atoms with E-state index in [9.17, 15) is 19.5 Å². The molecular formula is C22H27N3O4. The van der Waals surface area contributed by atoms with E-state index in [-0.39, 0.29) is 24.8 Å². The van der Waals surface area contributed by atoms with Crippen molar-refractivity contribution in [3.8, 4) is 0 Å². The first kappa shape index (κ1) is 22.1. The van der Waals surface area contributed by atoms with Gasteiger partial charge in [0.1, 0.15) is 0 Å². The molecule has 2 aromatic carbocycles. The second-order valence-corrected chi connectivity index (χ2v) is 7.57. The maximum atomic E-state index is 12.5. The van der Waals surface area contributed by atoms with Gasteiger partial charge < -0.3 is 21.5 Å². The molecule has 0 aliphatic carbocycles. The van der Waals surface area contributed by atoms with Gasteiger partial charge in [0.2, 0.25) is 0 Å². The van der Waals surface area contributed by atoms with E-state index in [4.69, 9.17) is 5.73 Å². The minimum atomic E-state index is -1.90. The van der Waals surface area contributed by atoms with Gasteiger partial charge in [-0.3, -0.25) is 4.79 Å². The quantitative estimate of drug-likeness (QED) is 0.507. The summed E-state index contributed by atoms with van der Waals surface area (Å²) < 4.78 is 0. The van der Waals surface area contributed by atoms with E-state index in [0.717, 1.165) is 5.56 Å². The van der Waals surface area contributed by atoms with Gasteiger partial charge in [-0.05, 0) is 48.6 Å². The molecule has 7 nitrogen and oxygen atoms in total. The average molecular weight is 397 g/mol. The molecule has 2 amide bonds. The fraction of sp³-hybridized carbons (Fsp3) is 0.318. The Bertz CT molecular complexity index is 893. The number of para-hydroxylation sites is 1. The first-order valence-corrected chi connectivity index (χ1v) is 9.40. The standard InChI is InChI=1S/C22H27N3O4/c1-14(2)13-22(23,20(27)28)19(26)12-16-8-10-17(11-9-16)24-21(29)25-18-7-5-4-6-15(18)3/h4-11,14H,12-13,23H2,1-3H3,(H,27,28)(H2,24,25,29)/t22-/m1/s1. The van der Waals surface area contributed by atoms with Crippen LogP contribution in [0.25, 0.3) is 0 Å². The van der Waals surface area contributed by atoms with Gasteiger partial charge in [0, 0.05) is 17.8 Å². The van der Waals surface area contributed by atoms with Crippen molar-refractivity contribution in [1.82, 2.24) is 0 Å². The first-order valence-electron chi connectivity index (χ1n) is 9.40. The minimum Gasteiger partial charge on any atom is -0.480 e. The van der Waals surface area contributed by atoms with E-state index in [1.54, 1.807) is 24.3 Å². The van der Waals surface area contributed by atoms with Crippen molar-refractivity contribution in [1.29, 1.82) is 0 Å². The highest BCUT2D eigenvalue weighted by molar-refractivity contribution is 6.08. The third-order valence-corrected chi connectivity index (χ3v) is 4.58. The number of carbonyl (C=O) groups is 3. The second-order valence-electron chi connectivity index (χ2n) is 7.57. The normalized spacial score (nSPS) is 12.9. The number of hydrogen-bond acceptors (Lipinski definition) is 4. The number of amides is 2. The van der Waals surface area contributed by atoms with Crippen LogP contribution in [0.2, 0.25) is 0 Å². The Kier molecular flexibility index (Phi) is 7.12. The van der Waals surface area contributed by atoms with E-state index in [1.807, 2.05) is 45.0 Å². The van der Waals surface area contributed by atoms with E-state index in [2.05, 4.69) is 10.6 Å². The number of aliphatic carboxylic acids is 1. The predicted octanol–water partition coefficient (Wildman–Crippen LogP) is 3.58. The first-order chi connectivity index (χ1) is 13.6. The monoisotopic (exact) mass is 397 g/mol. The Labute approximate surface area is 170 Å². The van der Waals surface area contributed by atoms with Crippen molar-refractivity contribution in [2.24, 2.45) is 11.7 Å². The minimum absolute atomic E-state index is 0.0293. The lowest BCUT2D eigenvalue weighted by Gasteiger charge is -2.25. The number of carbonyl (C=O) groups excluding carboxylic acids is 2. The van der Waals surface area contributed by atoms with Crippen molar-refractivity contribution >= 4 is 29.2 Å². The lowest BCUT2D eigenvalue weighted by atomic mass is 9.83. The molecule has 0 bridgehead atoms. The molecular weight excluding hydrogens is 370 g/mol. The summed E-state index contributed by atoms with van der Waals surface area (Å²) in [6, 6.07) is 13.7. The molecule has 0 aliphatic rings. The number of ketones is 1. The number of nitrogens with one attached hydrogen (secondary N) is 2. The molecule has 0 heterocycles. The molecule has 7 heteroatoms. The van der Waals surface area contributed by atoms with Crippen LogP contribution in [0.3, 0.4) is 0 Å². The van der Waals surface area contributed by atoms with Gasteiger partial charge in [0.25, 0.3) is 0 Å². The van der Waals surface area contributed by atoms with Crippen LogP contribution in [-0.2, 0) is 16.0 Å². The Morgan fingerprint density at radius 1 is 1.03 bits per heavy atom. The van der Waals surface area contributed by atoms with E-state index in [0.29, 0.717) is 16.9 Å². The maximum absolute atomic E-state index is 12.5. The van der Waals surface area contributed by atoms with Crippen molar-refractivity contribution in [2.45, 2.75) is 39.2 Å². The van der Waals surface area contributed by atoms with Crippen LogP contribution in [0, 0.1) is 12.8 Å². The lowest BCUT2D eigenvalue weighted by Crippen LogP contribution is -2.56. The molecule has 0 aromatic heterocycles. The highest BCUT2D eigenvalue weighted by Gasteiger charge is 2.41. The fourth-order valence-corrected chi connectivity index (χ4v) is 3.01. The van der Waals surface area contributed by atoms with Crippen LogP contribution >= 0.6 is 0 Å². The second kappa shape index (κ2) is 9.34. The van der Waals surface area contributed by atoms with Crippen molar-refractivity contribution in [3.63, 3.8) is 0 Å². The Balaban J connectivity index is 2.01. The molecule has 5 N–H and O–H groups in total. The van der Waals surface area contributed by atoms with Gasteiger partial charge in [0.15, 0.2) is 11.3 Å². The van der Waals surface area contributed by atoms with Crippen molar-refractivity contribution in [3.05, 3.63) is 59.7 Å². The summed E-state index contributed by atoms with van der Waals surface area (Å²) in [7, 11) is 0.